The lowest BCUT2D eigenvalue weighted by molar-refractivity contribution is -0.0500. The Morgan fingerprint density at radius 2 is 1.87 bits per heavy atom. The van der Waals surface area contributed by atoms with Crippen molar-refractivity contribution in [2.45, 2.75) is 38.9 Å². The molecule has 0 heterocycles. The zero-order valence-electron chi connectivity index (χ0n) is 13.8. The van der Waals surface area contributed by atoms with Crippen LogP contribution < -0.4 is 5.32 Å². The molecule has 1 aromatic rings. The van der Waals surface area contributed by atoms with Gasteiger partial charge >= 0.3 is 6.09 Å². The fourth-order valence-corrected chi connectivity index (χ4v) is 2.19. The van der Waals surface area contributed by atoms with Crippen molar-refractivity contribution in [2.75, 3.05) is 19.8 Å². The standard InChI is InChI=1S/C16H23Cl2NO4/c1-15(2,3)23-14(21)19-10-16(4,22-8-7-20)11-5-6-12(17)13(18)9-11/h5-6,9,20H,7-8,10H2,1-4H3,(H,19,21). The smallest absolute Gasteiger partial charge is 0.407 e. The average molecular weight is 364 g/mol. The predicted molar refractivity (Wildman–Crippen MR) is 91.1 cm³/mol. The van der Waals surface area contributed by atoms with Crippen molar-refractivity contribution < 1.29 is 19.4 Å². The van der Waals surface area contributed by atoms with E-state index in [0.717, 1.165) is 5.56 Å². The van der Waals surface area contributed by atoms with Crippen LogP contribution in [-0.2, 0) is 15.1 Å². The topological polar surface area (TPSA) is 67.8 Å². The third kappa shape index (κ3) is 6.55. The molecule has 0 fully saturated rings. The molecule has 0 radical (unpaired) electrons. The maximum Gasteiger partial charge on any atom is 0.407 e. The predicted octanol–water partition coefficient (Wildman–Crippen LogP) is 3.74. The summed E-state index contributed by atoms with van der Waals surface area (Å²) in [5.74, 6) is 0. The molecule has 7 heteroatoms. The maximum atomic E-state index is 11.8. The minimum Gasteiger partial charge on any atom is -0.444 e. The Hall–Kier alpha value is -1.01. The monoisotopic (exact) mass is 363 g/mol. The van der Waals surface area contributed by atoms with Crippen LogP contribution in [0.15, 0.2) is 18.2 Å². The highest BCUT2D eigenvalue weighted by atomic mass is 35.5. The average Bonchev–Trinajstić information content (AvgIpc) is 2.44. The highest BCUT2D eigenvalue weighted by Crippen LogP contribution is 2.31. The first-order valence-electron chi connectivity index (χ1n) is 7.24. The number of carbonyl (C=O) groups is 1. The normalized spacial score (nSPS) is 14.2. The molecule has 23 heavy (non-hydrogen) atoms. The van der Waals surface area contributed by atoms with Crippen molar-refractivity contribution in [1.82, 2.24) is 5.32 Å². The number of halogens is 2. The van der Waals surface area contributed by atoms with Crippen LogP contribution >= 0.6 is 23.2 Å². The summed E-state index contributed by atoms with van der Waals surface area (Å²) >= 11 is 12.0. The number of amides is 1. The SMILES string of the molecule is CC(C)(C)OC(=O)NCC(C)(OCCO)c1ccc(Cl)c(Cl)c1. The fraction of sp³-hybridized carbons (Fsp3) is 0.562. The number of aliphatic hydroxyl groups excluding tert-OH is 1. The highest BCUT2D eigenvalue weighted by molar-refractivity contribution is 6.42. The molecule has 1 atom stereocenters. The zero-order chi connectivity index (χ0) is 17.7. The van der Waals surface area contributed by atoms with Crippen molar-refractivity contribution in [3.8, 4) is 0 Å². The molecule has 2 N–H and O–H groups in total. The first kappa shape index (κ1) is 20.0. The van der Waals surface area contributed by atoms with Gasteiger partial charge in [-0.2, -0.15) is 0 Å². The molecule has 0 aliphatic rings. The Balaban J connectivity index is 2.89. The van der Waals surface area contributed by atoms with Gasteiger partial charge in [-0.3, -0.25) is 0 Å². The van der Waals surface area contributed by atoms with Gasteiger partial charge in [0, 0.05) is 0 Å². The molecule has 0 aliphatic heterocycles. The molecule has 0 aromatic heterocycles. The number of hydrogen-bond acceptors (Lipinski definition) is 4. The van der Waals surface area contributed by atoms with E-state index in [4.69, 9.17) is 37.8 Å². The molecule has 5 nitrogen and oxygen atoms in total. The Kier molecular flexibility index (Phi) is 7.14. The molecule has 1 rings (SSSR count). The second-order valence-corrected chi connectivity index (χ2v) is 7.10. The van der Waals surface area contributed by atoms with Gasteiger partial charge in [0.25, 0.3) is 0 Å². The van der Waals surface area contributed by atoms with Crippen molar-refractivity contribution in [3.63, 3.8) is 0 Å². The highest BCUT2D eigenvalue weighted by Gasteiger charge is 2.30. The number of alkyl carbamates (subject to hydrolysis) is 1. The molecular weight excluding hydrogens is 341 g/mol. The molecular formula is C16H23Cl2NO4. The molecule has 0 saturated carbocycles. The third-order valence-electron chi connectivity index (χ3n) is 3.01. The van der Waals surface area contributed by atoms with Gasteiger partial charge in [0.15, 0.2) is 0 Å². The van der Waals surface area contributed by atoms with Crippen molar-refractivity contribution in [2.24, 2.45) is 0 Å². The zero-order valence-corrected chi connectivity index (χ0v) is 15.3. The Morgan fingerprint density at radius 1 is 1.22 bits per heavy atom. The van der Waals surface area contributed by atoms with Gasteiger partial charge in [0.1, 0.15) is 11.2 Å². The van der Waals surface area contributed by atoms with Crippen molar-refractivity contribution in [1.29, 1.82) is 0 Å². The minimum atomic E-state index is -0.881. The number of ether oxygens (including phenoxy) is 2. The fourth-order valence-electron chi connectivity index (χ4n) is 1.89. The van der Waals surface area contributed by atoms with Crippen molar-refractivity contribution in [3.05, 3.63) is 33.8 Å². The lowest BCUT2D eigenvalue weighted by Crippen LogP contribution is -2.43. The molecule has 1 amide bonds. The molecule has 0 aliphatic carbocycles. The summed E-state index contributed by atoms with van der Waals surface area (Å²) in [6, 6.07) is 5.10. The maximum absolute atomic E-state index is 11.8. The van der Waals surface area contributed by atoms with Crippen LogP contribution in [0, 0.1) is 0 Å². The lowest BCUT2D eigenvalue weighted by Gasteiger charge is -2.31. The van der Waals surface area contributed by atoms with Gasteiger partial charge in [-0.15, -0.1) is 0 Å². The van der Waals surface area contributed by atoms with Crippen LogP contribution in [0.25, 0.3) is 0 Å². The number of benzene rings is 1. The number of hydrogen-bond donors (Lipinski definition) is 2. The van der Waals surface area contributed by atoms with Gasteiger partial charge in [0.05, 0.1) is 29.8 Å². The summed E-state index contributed by atoms with van der Waals surface area (Å²) in [6.45, 7) is 7.28. The molecule has 130 valence electrons. The van der Waals surface area contributed by atoms with E-state index < -0.39 is 17.3 Å². The molecule has 1 unspecified atom stereocenters. The van der Waals surface area contributed by atoms with Gasteiger partial charge in [-0.05, 0) is 45.4 Å². The van der Waals surface area contributed by atoms with E-state index in [-0.39, 0.29) is 19.8 Å². The Morgan fingerprint density at radius 3 is 2.39 bits per heavy atom. The van der Waals surface area contributed by atoms with Crippen LogP contribution in [0.1, 0.15) is 33.3 Å². The van der Waals surface area contributed by atoms with Crippen LogP contribution in [0.3, 0.4) is 0 Å². The van der Waals surface area contributed by atoms with E-state index >= 15 is 0 Å². The first-order chi connectivity index (χ1) is 10.6. The van der Waals surface area contributed by atoms with E-state index in [1.165, 1.54) is 0 Å². The lowest BCUT2D eigenvalue weighted by atomic mass is 9.95. The van der Waals surface area contributed by atoms with E-state index in [9.17, 15) is 4.79 Å². The van der Waals surface area contributed by atoms with Crippen LogP contribution in [0.5, 0.6) is 0 Å². The van der Waals surface area contributed by atoms with E-state index in [1.54, 1.807) is 45.9 Å². The van der Waals surface area contributed by atoms with Gasteiger partial charge in [-0.25, -0.2) is 4.79 Å². The second kappa shape index (κ2) is 8.20. The summed E-state index contributed by atoms with van der Waals surface area (Å²) in [5.41, 5.74) is -0.736. The van der Waals surface area contributed by atoms with E-state index in [0.29, 0.717) is 10.0 Å². The molecule has 1 aromatic carbocycles. The molecule has 0 bridgehead atoms. The van der Waals surface area contributed by atoms with Gasteiger partial charge < -0.3 is 19.9 Å². The largest absolute Gasteiger partial charge is 0.444 e. The second-order valence-electron chi connectivity index (χ2n) is 6.29. The third-order valence-corrected chi connectivity index (χ3v) is 3.75. The van der Waals surface area contributed by atoms with E-state index in [2.05, 4.69) is 5.32 Å². The molecule has 0 saturated heterocycles. The summed E-state index contributed by atoms with van der Waals surface area (Å²) in [7, 11) is 0. The summed E-state index contributed by atoms with van der Waals surface area (Å²) in [6.07, 6.45) is -0.545. The summed E-state index contributed by atoms with van der Waals surface area (Å²) in [5, 5.41) is 12.5. The van der Waals surface area contributed by atoms with Crippen molar-refractivity contribution >= 4 is 29.3 Å². The number of rotatable bonds is 6. The van der Waals surface area contributed by atoms with Crippen LogP contribution in [-0.4, -0.2) is 36.6 Å². The number of nitrogens with one attached hydrogen (secondary N) is 1. The van der Waals surface area contributed by atoms with E-state index in [1.807, 2.05) is 0 Å². The summed E-state index contributed by atoms with van der Waals surface area (Å²) in [4.78, 5) is 11.8. The Bertz CT molecular complexity index is 545. The minimum absolute atomic E-state index is 0.118. The number of aliphatic hydroxyl groups is 1. The van der Waals surface area contributed by atoms with Crippen LogP contribution in [0.4, 0.5) is 4.79 Å². The number of carbonyl (C=O) groups excluding carboxylic acids is 1. The van der Waals surface area contributed by atoms with Gasteiger partial charge in [-0.1, -0.05) is 29.3 Å². The van der Waals surface area contributed by atoms with Gasteiger partial charge in [0.2, 0.25) is 0 Å². The summed E-state index contributed by atoms with van der Waals surface area (Å²) < 4.78 is 10.9. The first-order valence-corrected chi connectivity index (χ1v) is 8.00. The van der Waals surface area contributed by atoms with Crippen LogP contribution in [0.2, 0.25) is 10.0 Å². The Labute approximate surface area is 146 Å². The molecule has 0 spiro atoms. The quantitative estimate of drug-likeness (QED) is 0.807.